The number of benzene rings is 1. The molecule has 17 heavy (non-hydrogen) atoms. The van der Waals surface area contributed by atoms with E-state index < -0.39 is 0 Å². The fourth-order valence-corrected chi connectivity index (χ4v) is 2.06. The SMILES string of the molecule is CC1COCCN1c1nc2ccc(N)cc2o1. The minimum Gasteiger partial charge on any atom is -0.423 e. The maximum atomic E-state index is 5.74. The highest BCUT2D eigenvalue weighted by atomic mass is 16.5. The number of hydrogen-bond donors (Lipinski definition) is 1. The van der Waals surface area contributed by atoms with Gasteiger partial charge in [0.15, 0.2) is 5.58 Å². The van der Waals surface area contributed by atoms with Crippen molar-refractivity contribution in [3.05, 3.63) is 18.2 Å². The number of ether oxygens (including phenoxy) is 1. The molecule has 2 heterocycles. The molecular weight excluding hydrogens is 218 g/mol. The zero-order valence-corrected chi connectivity index (χ0v) is 9.72. The van der Waals surface area contributed by atoms with Gasteiger partial charge in [0.05, 0.1) is 19.3 Å². The topological polar surface area (TPSA) is 64.5 Å². The van der Waals surface area contributed by atoms with Crippen LogP contribution in [-0.4, -0.2) is 30.8 Å². The van der Waals surface area contributed by atoms with Gasteiger partial charge < -0.3 is 19.8 Å². The van der Waals surface area contributed by atoms with E-state index in [4.69, 9.17) is 14.9 Å². The average molecular weight is 233 g/mol. The van der Waals surface area contributed by atoms with Crippen LogP contribution in [0.25, 0.3) is 11.1 Å². The summed E-state index contributed by atoms with van der Waals surface area (Å²) in [7, 11) is 0. The monoisotopic (exact) mass is 233 g/mol. The Morgan fingerprint density at radius 2 is 2.35 bits per heavy atom. The number of morpholine rings is 1. The van der Waals surface area contributed by atoms with E-state index in [1.807, 2.05) is 12.1 Å². The summed E-state index contributed by atoms with van der Waals surface area (Å²) in [5.41, 5.74) is 7.98. The van der Waals surface area contributed by atoms with Gasteiger partial charge in [-0.3, -0.25) is 0 Å². The molecule has 1 aromatic heterocycles. The third kappa shape index (κ3) is 1.82. The molecule has 5 nitrogen and oxygen atoms in total. The van der Waals surface area contributed by atoms with Gasteiger partial charge in [-0.15, -0.1) is 0 Å². The fraction of sp³-hybridized carbons (Fsp3) is 0.417. The fourth-order valence-electron chi connectivity index (χ4n) is 2.06. The van der Waals surface area contributed by atoms with Crippen LogP contribution in [0.15, 0.2) is 22.6 Å². The molecule has 2 N–H and O–H groups in total. The number of rotatable bonds is 1. The van der Waals surface area contributed by atoms with E-state index in [2.05, 4.69) is 16.8 Å². The Hall–Kier alpha value is -1.75. The van der Waals surface area contributed by atoms with Crippen molar-refractivity contribution in [1.29, 1.82) is 0 Å². The van der Waals surface area contributed by atoms with Gasteiger partial charge in [-0.05, 0) is 19.1 Å². The molecule has 0 bridgehead atoms. The summed E-state index contributed by atoms with van der Waals surface area (Å²) < 4.78 is 11.1. The Balaban J connectivity index is 1.99. The number of oxazole rings is 1. The molecule has 0 spiro atoms. The van der Waals surface area contributed by atoms with Crippen LogP contribution < -0.4 is 10.6 Å². The van der Waals surface area contributed by atoms with Crippen LogP contribution in [0.3, 0.4) is 0 Å². The minimum atomic E-state index is 0.286. The van der Waals surface area contributed by atoms with Gasteiger partial charge >= 0.3 is 0 Å². The van der Waals surface area contributed by atoms with Gasteiger partial charge in [0.25, 0.3) is 6.01 Å². The summed E-state index contributed by atoms with van der Waals surface area (Å²) in [6.07, 6.45) is 0. The van der Waals surface area contributed by atoms with E-state index in [-0.39, 0.29) is 6.04 Å². The molecule has 0 saturated carbocycles. The molecule has 0 aliphatic carbocycles. The Kier molecular flexibility index (Phi) is 2.40. The van der Waals surface area contributed by atoms with Crippen LogP contribution in [0.5, 0.6) is 0 Å². The van der Waals surface area contributed by atoms with E-state index in [0.29, 0.717) is 24.9 Å². The standard InChI is InChI=1S/C12H15N3O2/c1-8-7-16-5-4-15(8)12-14-10-3-2-9(13)6-11(10)17-12/h2-3,6,8H,4-5,7,13H2,1H3. The number of nitrogens with zero attached hydrogens (tertiary/aromatic N) is 2. The Bertz CT molecular complexity index is 538. The van der Waals surface area contributed by atoms with Crippen molar-refractivity contribution in [3.63, 3.8) is 0 Å². The van der Waals surface area contributed by atoms with Crippen molar-refractivity contribution in [2.45, 2.75) is 13.0 Å². The van der Waals surface area contributed by atoms with Crippen molar-refractivity contribution < 1.29 is 9.15 Å². The molecule has 0 radical (unpaired) electrons. The first kappa shape index (κ1) is 10.4. The highest BCUT2D eigenvalue weighted by Crippen LogP contribution is 2.25. The summed E-state index contributed by atoms with van der Waals surface area (Å²) in [4.78, 5) is 6.60. The Labute approximate surface area is 99.2 Å². The van der Waals surface area contributed by atoms with Crippen molar-refractivity contribution >= 4 is 22.8 Å². The lowest BCUT2D eigenvalue weighted by molar-refractivity contribution is 0.0963. The first-order valence-electron chi connectivity index (χ1n) is 5.74. The van der Waals surface area contributed by atoms with Crippen LogP contribution in [0.4, 0.5) is 11.7 Å². The van der Waals surface area contributed by atoms with E-state index in [9.17, 15) is 0 Å². The summed E-state index contributed by atoms with van der Waals surface area (Å²) in [5, 5.41) is 0. The third-order valence-electron chi connectivity index (χ3n) is 3.01. The lowest BCUT2D eigenvalue weighted by Crippen LogP contribution is -2.43. The molecule has 3 rings (SSSR count). The molecule has 1 unspecified atom stereocenters. The molecular formula is C12H15N3O2. The number of fused-ring (bicyclic) bond motifs is 1. The second-order valence-corrected chi connectivity index (χ2v) is 4.34. The van der Waals surface area contributed by atoms with Crippen LogP contribution in [0.1, 0.15) is 6.92 Å². The second kappa shape index (κ2) is 3.92. The van der Waals surface area contributed by atoms with Crippen LogP contribution in [-0.2, 0) is 4.74 Å². The predicted molar refractivity (Wildman–Crippen MR) is 66.0 cm³/mol. The quantitative estimate of drug-likeness (QED) is 0.758. The molecule has 0 amide bonds. The zero-order chi connectivity index (χ0) is 11.8. The van der Waals surface area contributed by atoms with Gasteiger partial charge in [0.1, 0.15) is 5.52 Å². The lowest BCUT2D eigenvalue weighted by Gasteiger charge is -2.31. The van der Waals surface area contributed by atoms with Gasteiger partial charge in [-0.2, -0.15) is 4.98 Å². The number of nitrogen functional groups attached to an aromatic ring is 1. The smallest absolute Gasteiger partial charge is 0.298 e. The number of anilines is 2. The van der Waals surface area contributed by atoms with E-state index in [1.54, 1.807) is 6.07 Å². The first-order valence-corrected chi connectivity index (χ1v) is 5.74. The van der Waals surface area contributed by atoms with Crippen LogP contribution in [0, 0.1) is 0 Å². The normalized spacial score (nSPS) is 21.0. The van der Waals surface area contributed by atoms with Crippen LogP contribution in [0.2, 0.25) is 0 Å². The summed E-state index contributed by atoms with van der Waals surface area (Å²) >= 11 is 0. The molecule has 1 saturated heterocycles. The molecule has 1 atom stereocenters. The van der Waals surface area contributed by atoms with Gasteiger partial charge in [0.2, 0.25) is 0 Å². The average Bonchev–Trinajstić information content (AvgIpc) is 2.72. The van der Waals surface area contributed by atoms with Crippen molar-refractivity contribution in [2.75, 3.05) is 30.4 Å². The molecule has 5 heteroatoms. The summed E-state index contributed by atoms with van der Waals surface area (Å²) in [6.45, 7) is 4.33. The number of aromatic nitrogens is 1. The lowest BCUT2D eigenvalue weighted by atomic mass is 10.3. The molecule has 1 aliphatic heterocycles. The third-order valence-corrected chi connectivity index (χ3v) is 3.01. The number of nitrogens with two attached hydrogens (primary N) is 1. The second-order valence-electron chi connectivity index (χ2n) is 4.34. The van der Waals surface area contributed by atoms with Gasteiger partial charge in [0, 0.05) is 18.3 Å². The summed E-state index contributed by atoms with van der Waals surface area (Å²) in [6, 6.07) is 6.45. The van der Waals surface area contributed by atoms with E-state index in [1.165, 1.54) is 0 Å². The molecule has 1 aromatic carbocycles. The van der Waals surface area contributed by atoms with E-state index >= 15 is 0 Å². The zero-order valence-electron chi connectivity index (χ0n) is 9.72. The first-order chi connectivity index (χ1) is 8.24. The minimum absolute atomic E-state index is 0.286. The van der Waals surface area contributed by atoms with Crippen LogP contribution >= 0.6 is 0 Å². The van der Waals surface area contributed by atoms with E-state index in [0.717, 1.165) is 17.6 Å². The maximum absolute atomic E-state index is 5.74. The van der Waals surface area contributed by atoms with Gasteiger partial charge in [-0.25, -0.2) is 0 Å². The van der Waals surface area contributed by atoms with Crippen molar-refractivity contribution in [1.82, 2.24) is 4.98 Å². The molecule has 2 aromatic rings. The van der Waals surface area contributed by atoms with Crippen molar-refractivity contribution in [2.24, 2.45) is 0 Å². The maximum Gasteiger partial charge on any atom is 0.298 e. The highest BCUT2D eigenvalue weighted by Gasteiger charge is 2.23. The Morgan fingerprint density at radius 3 is 3.18 bits per heavy atom. The molecule has 1 aliphatic rings. The highest BCUT2D eigenvalue weighted by molar-refractivity contribution is 5.78. The largest absolute Gasteiger partial charge is 0.423 e. The predicted octanol–water partition coefficient (Wildman–Crippen LogP) is 1.64. The Morgan fingerprint density at radius 1 is 1.47 bits per heavy atom. The summed E-state index contributed by atoms with van der Waals surface area (Å²) in [5.74, 6) is 0. The van der Waals surface area contributed by atoms with Gasteiger partial charge in [-0.1, -0.05) is 0 Å². The molecule has 90 valence electrons. The van der Waals surface area contributed by atoms with Crippen molar-refractivity contribution in [3.8, 4) is 0 Å². The molecule has 1 fully saturated rings. The number of hydrogen-bond acceptors (Lipinski definition) is 5.